The number of aliphatic hydroxyl groups excluding tert-OH is 1. The van der Waals surface area contributed by atoms with Gasteiger partial charge in [0.15, 0.2) is 0 Å². The smallest absolute Gasteiger partial charge is 0.335 e. The second-order valence-electron chi connectivity index (χ2n) is 7.85. The Morgan fingerprint density at radius 1 is 1.04 bits per heavy atom. The number of hydrogen-bond donors (Lipinski definition) is 2. The maximum atomic E-state index is 11.5. The molecule has 0 radical (unpaired) electrons. The van der Waals surface area contributed by atoms with Crippen LogP contribution in [0.2, 0.25) is 0 Å². The van der Waals surface area contributed by atoms with Gasteiger partial charge in [0.05, 0.1) is 12.2 Å². The molecule has 3 aliphatic rings. The lowest BCUT2D eigenvalue weighted by molar-refractivity contribution is 0.0696. The SMILES string of the molecule is O=C(O)c1ccc2c(c1)Sc1ccccc1C2=C1CC2CCC(C1)N2CCO. The number of nitrogens with zero attached hydrogens (tertiary/aromatic N) is 1. The molecule has 0 amide bonds. The van der Waals surface area contributed by atoms with Gasteiger partial charge in [0.2, 0.25) is 0 Å². The fourth-order valence-electron chi connectivity index (χ4n) is 5.14. The Kier molecular flexibility index (Phi) is 4.54. The first-order valence-corrected chi connectivity index (χ1v) is 10.7. The minimum absolute atomic E-state index is 0.221. The molecule has 2 unspecified atom stereocenters. The van der Waals surface area contributed by atoms with E-state index in [1.54, 1.807) is 17.8 Å². The third kappa shape index (κ3) is 2.89. The topological polar surface area (TPSA) is 60.8 Å². The van der Waals surface area contributed by atoms with Crippen LogP contribution in [0.25, 0.3) is 5.57 Å². The summed E-state index contributed by atoms with van der Waals surface area (Å²) < 4.78 is 0. The summed E-state index contributed by atoms with van der Waals surface area (Å²) in [5.74, 6) is -0.883. The zero-order valence-corrected chi connectivity index (χ0v) is 16.4. The van der Waals surface area contributed by atoms with Gasteiger partial charge >= 0.3 is 5.97 Å². The van der Waals surface area contributed by atoms with E-state index in [1.165, 1.54) is 40.0 Å². The van der Waals surface area contributed by atoms with Gasteiger partial charge in [-0.15, -0.1) is 0 Å². The predicted octanol–water partition coefficient (Wildman–Crippen LogP) is 4.27. The first-order chi connectivity index (χ1) is 13.7. The Labute approximate surface area is 168 Å². The maximum Gasteiger partial charge on any atom is 0.335 e. The lowest BCUT2D eigenvalue weighted by Crippen LogP contribution is -2.42. The molecule has 144 valence electrons. The van der Waals surface area contributed by atoms with Crippen LogP contribution in [0.1, 0.15) is 47.2 Å². The summed E-state index contributed by atoms with van der Waals surface area (Å²) in [5, 5.41) is 18.8. The fourth-order valence-corrected chi connectivity index (χ4v) is 6.27. The van der Waals surface area contributed by atoms with Crippen molar-refractivity contribution in [2.24, 2.45) is 0 Å². The van der Waals surface area contributed by atoms with Crippen LogP contribution >= 0.6 is 11.8 Å². The van der Waals surface area contributed by atoms with Gasteiger partial charge < -0.3 is 10.2 Å². The Balaban J connectivity index is 1.64. The van der Waals surface area contributed by atoms with Gasteiger partial charge in [-0.05, 0) is 60.6 Å². The second kappa shape index (κ2) is 7.07. The van der Waals surface area contributed by atoms with Crippen molar-refractivity contribution in [3.63, 3.8) is 0 Å². The van der Waals surface area contributed by atoms with E-state index < -0.39 is 5.97 Å². The van der Waals surface area contributed by atoms with Crippen molar-refractivity contribution in [3.05, 3.63) is 64.7 Å². The van der Waals surface area contributed by atoms with Crippen LogP contribution in [0.5, 0.6) is 0 Å². The molecular weight excluding hydrogens is 370 g/mol. The Morgan fingerprint density at radius 2 is 1.75 bits per heavy atom. The lowest BCUT2D eigenvalue weighted by Gasteiger charge is -2.37. The van der Waals surface area contributed by atoms with Crippen molar-refractivity contribution < 1.29 is 15.0 Å². The predicted molar refractivity (Wildman–Crippen MR) is 110 cm³/mol. The van der Waals surface area contributed by atoms with Gasteiger partial charge in [-0.25, -0.2) is 4.79 Å². The number of aliphatic hydroxyl groups is 1. The van der Waals surface area contributed by atoms with Crippen LogP contribution in [0.4, 0.5) is 0 Å². The highest BCUT2D eigenvalue weighted by molar-refractivity contribution is 7.99. The van der Waals surface area contributed by atoms with E-state index in [-0.39, 0.29) is 6.61 Å². The molecule has 3 heterocycles. The molecule has 2 bridgehead atoms. The van der Waals surface area contributed by atoms with Gasteiger partial charge in [-0.3, -0.25) is 4.90 Å². The van der Waals surface area contributed by atoms with Crippen LogP contribution in [-0.2, 0) is 0 Å². The first-order valence-electron chi connectivity index (χ1n) is 9.89. The first kappa shape index (κ1) is 18.0. The molecule has 0 aliphatic carbocycles. The van der Waals surface area contributed by atoms with E-state index in [1.807, 2.05) is 18.2 Å². The molecular formula is C23H23NO3S. The number of piperidine rings is 1. The monoisotopic (exact) mass is 393 g/mol. The number of carbonyl (C=O) groups is 1. The Bertz CT molecular complexity index is 968. The number of aromatic carboxylic acids is 1. The molecule has 2 N–H and O–H groups in total. The zero-order chi connectivity index (χ0) is 19.3. The number of fused-ring (bicyclic) bond motifs is 4. The van der Waals surface area contributed by atoms with E-state index in [2.05, 4.69) is 23.1 Å². The molecule has 28 heavy (non-hydrogen) atoms. The van der Waals surface area contributed by atoms with Crippen LogP contribution < -0.4 is 0 Å². The molecule has 2 aromatic rings. The van der Waals surface area contributed by atoms with E-state index in [0.29, 0.717) is 17.6 Å². The molecule has 5 heteroatoms. The summed E-state index contributed by atoms with van der Waals surface area (Å²) in [7, 11) is 0. The summed E-state index contributed by atoms with van der Waals surface area (Å²) in [6.07, 6.45) is 4.46. The normalized spacial score (nSPS) is 23.5. The highest BCUT2D eigenvalue weighted by Gasteiger charge is 2.39. The summed E-state index contributed by atoms with van der Waals surface area (Å²) >= 11 is 1.67. The summed E-state index contributed by atoms with van der Waals surface area (Å²) in [5.41, 5.74) is 5.57. The van der Waals surface area contributed by atoms with Crippen LogP contribution in [0.15, 0.2) is 57.8 Å². The van der Waals surface area contributed by atoms with E-state index >= 15 is 0 Å². The number of benzene rings is 2. The number of carboxylic acids is 1. The quantitative estimate of drug-likeness (QED) is 0.696. The van der Waals surface area contributed by atoms with Crippen LogP contribution in [-0.4, -0.2) is 46.3 Å². The Morgan fingerprint density at radius 3 is 2.46 bits per heavy atom. The van der Waals surface area contributed by atoms with Crippen LogP contribution in [0, 0.1) is 0 Å². The average molecular weight is 394 g/mol. The number of rotatable bonds is 3. The molecule has 5 rings (SSSR count). The van der Waals surface area contributed by atoms with Gasteiger partial charge in [0.25, 0.3) is 0 Å². The molecule has 2 fully saturated rings. The van der Waals surface area contributed by atoms with Crippen molar-refractivity contribution >= 4 is 23.3 Å². The van der Waals surface area contributed by atoms with Crippen LogP contribution in [0.3, 0.4) is 0 Å². The van der Waals surface area contributed by atoms with Crippen molar-refractivity contribution in [1.82, 2.24) is 4.90 Å². The van der Waals surface area contributed by atoms with Crippen molar-refractivity contribution in [1.29, 1.82) is 0 Å². The minimum Gasteiger partial charge on any atom is -0.478 e. The molecule has 0 saturated carbocycles. The van der Waals surface area contributed by atoms with E-state index in [9.17, 15) is 15.0 Å². The van der Waals surface area contributed by atoms with Gasteiger partial charge in [0, 0.05) is 28.4 Å². The highest BCUT2D eigenvalue weighted by atomic mass is 32.2. The molecule has 3 aliphatic heterocycles. The zero-order valence-electron chi connectivity index (χ0n) is 15.6. The molecule has 2 saturated heterocycles. The van der Waals surface area contributed by atoms with E-state index in [0.717, 1.165) is 24.3 Å². The van der Waals surface area contributed by atoms with Gasteiger partial charge in [0.1, 0.15) is 0 Å². The molecule has 0 spiro atoms. The second-order valence-corrected chi connectivity index (χ2v) is 8.93. The summed E-state index contributed by atoms with van der Waals surface area (Å²) in [4.78, 5) is 16.2. The standard InChI is InChI=1S/C23H23NO3S/c25-10-9-24-16-6-7-17(24)12-15(11-16)22-18-3-1-2-4-20(18)28-21-13-14(23(26)27)5-8-19(21)22/h1-5,8,13,16-17,25H,6-7,9-12H2,(H,26,27). The molecule has 2 aromatic carbocycles. The van der Waals surface area contributed by atoms with Crippen molar-refractivity contribution in [2.45, 2.75) is 47.6 Å². The number of carboxylic acid groups (broad SMARTS) is 1. The fraction of sp³-hybridized carbons (Fsp3) is 0.348. The number of hydrogen-bond acceptors (Lipinski definition) is 4. The van der Waals surface area contributed by atoms with Gasteiger partial charge in [-0.2, -0.15) is 0 Å². The van der Waals surface area contributed by atoms with Gasteiger partial charge in [-0.1, -0.05) is 41.6 Å². The van der Waals surface area contributed by atoms with Crippen molar-refractivity contribution in [3.8, 4) is 0 Å². The molecule has 2 atom stereocenters. The Hall–Kier alpha value is -2.08. The summed E-state index contributed by atoms with van der Waals surface area (Å²) in [6.45, 7) is 0.988. The third-order valence-corrected chi connectivity index (χ3v) is 7.45. The average Bonchev–Trinajstić information content (AvgIpc) is 2.93. The third-order valence-electron chi connectivity index (χ3n) is 6.32. The maximum absolute atomic E-state index is 11.5. The highest BCUT2D eigenvalue weighted by Crippen LogP contribution is 2.50. The largest absolute Gasteiger partial charge is 0.478 e. The molecule has 4 nitrogen and oxygen atoms in total. The van der Waals surface area contributed by atoms with E-state index in [4.69, 9.17) is 0 Å². The van der Waals surface area contributed by atoms with Crippen molar-refractivity contribution in [2.75, 3.05) is 13.2 Å². The molecule has 0 aromatic heterocycles. The summed E-state index contributed by atoms with van der Waals surface area (Å²) in [6, 6.07) is 15.0. The lowest BCUT2D eigenvalue weighted by atomic mass is 9.85. The minimum atomic E-state index is -0.883.